The highest BCUT2D eigenvalue weighted by atomic mass is 16.5. The lowest BCUT2D eigenvalue weighted by molar-refractivity contribution is 0.0233. The van der Waals surface area contributed by atoms with Crippen molar-refractivity contribution in [3.63, 3.8) is 0 Å². The first-order valence-corrected chi connectivity index (χ1v) is 7.36. The molecule has 0 spiro atoms. The molecule has 3 nitrogen and oxygen atoms in total. The smallest absolute Gasteiger partial charge is 0.0979 e. The molecule has 0 aromatic heterocycles. The number of nitriles is 1. The van der Waals surface area contributed by atoms with Crippen LogP contribution in [0.2, 0.25) is 0 Å². The predicted molar refractivity (Wildman–Crippen MR) is 75.6 cm³/mol. The molecule has 106 valence electrons. The molecule has 2 fully saturated rings. The number of methoxy groups -OCH3 is 1. The van der Waals surface area contributed by atoms with E-state index in [1.807, 2.05) is 24.3 Å². The topological polar surface area (TPSA) is 53.2 Å². The molecule has 2 aliphatic rings. The molecule has 1 N–H and O–H groups in total. The van der Waals surface area contributed by atoms with E-state index in [-0.39, 0.29) is 0 Å². The Labute approximate surface area is 120 Å². The maximum Gasteiger partial charge on any atom is 0.0979 e. The normalized spacial score (nSPS) is 33.0. The van der Waals surface area contributed by atoms with E-state index in [9.17, 15) is 10.4 Å². The Hall–Kier alpha value is -1.37. The third-order valence-corrected chi connectivity index (χ3v) is 5.20. The van der Waals surface area contributed by atoms with Gasteiger partial charge in [0, 0.05) is 7.11 Å². The van der Waals surface area contributed by atoms with E-state index in [2.05, 4.69) is 6.07 Å². The highest BCUT2D eigenvalue weighted by molar-refractivity contribution is 5.29. The van der Waals surface area contributed by atoms with E-state index < -0.39 is 11.5 Å². The van der Waals surface area contributed by atoms with Crippen molar-refractivity contribution in [2.75, 3.05) is 7.11 Å². The van der Waals surface area contributed by atoms with Crippen LogP contribution in [0.4, 0.5) is 0 Å². The third-order valence-electron chi connectivity index (χ3n) is 5.20. The van der Waals surface area contributed by atoms with E-state index in [1.54, 1.807) is 7.11 Å². The van der Waals surface area contributed by atoms with Gasteiger partial charge in [0.25, 0.3) is 0 Å². The van der Waals surface area contributed by atoms with Crippen molar-refractivity contribution in [2.24, 2.45) is 17.3 Å². The van der Waals surface area contributed by atoms with Crippen molar-refractivity contribution in [3.05, 3.63) is 35.4 Å². The summed E-state index contributed by atoms with van der Waals surface area (Å²) in [7, 11) is 1.67. The summed E-state index contributed by atoms with van der Waals surface area (Å²) in [4.78, 5) is 0. The monoisotopic (exact) mass is 271 g/mol. The molecule has 0 heterocycles. The first kappa shape index (κ1) is 13.6. The summed E-state index contributed by atoms with van der Waals surface area (Å²) in [6.45, 7) is 0.574. The minimum Gasteiger partial charge on any atom is -0.387 e. The fraction of sp³-hybridized carbons (Fsp3) is 0.588. The molecule has 3 heteroatoms. The van der Waals surface area contributed by atoms with Crippen LogP contribution in [-0.2, 0) is 11.3 Å². The van der Waals surface area contributed by atoms with Crippen LogP contribution in [-0.4, -0.2) is 12.2 Å². The van der Waals surface area contributed by atoms with Crippen molar-refractivity contribution in [3.8, 4) is 6.07 Å². The number of benzene rings is 1. The molecule has 20 heavy (non-hydrogen) atoms. The first-order chi connectivity index (χ1) is 9.69. The lowest BCUT2D eigenvalue weighted by Gasteiger charge is -2.35. The number of aliphatic hydroxyl groups excluding tert-OH is 1. The van der Waals surface area contributed by atoms with Crippen LogP contribution < -0.4 is 0 Å². The van der Waals surface area contributed by atoms with E-state index in [0.29, 0.717) is 18.4 Å². The van der Waals surface area contributed by atoms with Crippen LogP contribution in [0.15, 0.2) is 24.3 Å². The second-order valence-electron chi connectivity index (χ2n) is 6.31. The second kappa shape index (κ2) is 5.20. The van der Waals surface area contributed by atoms with Gasteiger partial charge < -0.3 is 9.84 Å². The number of hydrogen-bond acceptors (Lipinski definition) is 3. The summed E-state index contributed by atoms with van der Waals surface area (Å²) in [6, 6.07) is 10.3. The lowest BCUT2D eigenvalue weighted by atomic mass is 9.68. The molecule has 2 saturated carbocycles. The van der Waals surface area contributed by atoms with Crippen molar-refractivity contribution < 1.29 is 9.84 Å². The van der Waals surface area contributed by atoms with Crippen molar-refractivity contribution >= 4 is 0 Å². The van der Waals surface area contributed by atoms with Crippen LogP contribution in [0.25, 0.3) is 0 Å². The van der Waals surface area contributed by atoms with Gasteiger partial charge in [-0.3, -0.25) is 0 Å². The van der Waals surface area contributed by atoms with E-state index >= 15 is 0 Å². The molecule has 4 unspecified atom stereocenters. The fourth-order valence-electron chi connectivity index (χ4n) is 4.17. The van der Waals surface area contributed by atoms with Gasteiger partial charge >= 0.3 is 0 Å². The maximum absolute atomic E-state index is 10.8. The number of aliphatic hydroxyl groups is 1. The average Bonchev–Trinajstić information content (AvgIpc) is 3.09. The summed E-state index contributed by atoms with van der Waals surface area (Å²) >= 11 is 0. The molecular weight excluding hydrogens is 250 g/mol. The zero-order chi connectivity index (χ0) is 14.2. The van der Waals surface area contributed by atoms with Gasteiger partial charge in [0.2, 0.25) is 0 Å². The SMILES string of the molecule is COCc1ccc(C(O)C2(C#N)CC3CCC2C3)cc1. The quantitative estimate of drug-likeness (QED) is 0.915. The highest BCUT2D eigenvalue weighted by Crippen LogP contribution is 2.60. The molecule has 1 aromatic rings. The minimum atomic E-state index is -0.667. The van der Waals surface area contributed by atoms with Gasteiger partial charge in [-0.2, -0.15) is 5.26 Å². The molecule has 2 bridgehead atoms. The van der Waals surface area contributed by atoms with Gasteiger partial charge in [0.15, 0.2) is 0 Å². The van der Waals surface area contributed by atoms with E-state index in [0.717, 1.165) is 30.4 Å². The van der Waals surface area contributed by atoms with Crippen molar-refractivity contribution in [1.29, 1.82) is 5.26 Å². The zero-order valence-electron chi connectivity index (χ0n) is 11.9. The van der Waals surface area contributed by atoms with Crippen LogP contribution in [0.3, 0.4) is 0 Å². The molecule has 0 amide bonds. The average molecular weight is 271 g/mol. The predicted octanol–water partition coefficient (Wildman–Crippen LogP) is 3.20. The largest absolute Gasteiger partial charge is 0.387 e. The summed E-state index contributed by atoms with van der Waals surface area (Å²) in [5, 5.41) is 20.4. The standard InChI is InChI=1S/C17H21NO2/c1-20-10-12-2-5-14(6-3-12)16(19)17(11-18)9-13-4-7-15(17)8-13/h2-3,5-6,13,15-16,19H,4,7-10H2,1H3. The van der Waals surface area contributed by atoms with Crippen LogP contribution in [0.1, 0.15) is 42.9 Å². The lowest BCUT2D eigenvalue weighted by Crippen LogP contribution is -2.33. The molecule has 0 radical (unpaired) electrons. The Morgan fingerprint density at radius 3 is 2.65 bits per heavy atom. The molecule has 0 saturated heterocycles. The number of hydrogen-bond donors (Lipinski definition) is 1. The summed E-state index contributed by atoms with van der Waals surface area (Å²) in [5.74, 6) is 1.01. The Kier molecular flexibility index (Phi) is 3.54. The van der Waals surface area contributed by atoms with Crippen LogP contribution >= 0.6 is 0 Å². The molecule has 3 rings (SSSR count). The number of rotatable bonds is 4. The van der Waals surface area contributed by atoms with Gasteiger partial charge in [0.05, 0.1) is 24.2 Å². The second-order valence-corrected chi connectivity index (χ2v) is 6.31. The van der Waals surface area contributed by atoms with Gasteiger partial charge in [-0.05, 0) is 42.2 Å². The first-order valence-electron chi connectivity index (χ1n) is 7.36. The van der Waals surface area contributed by atoms with Gasteiger partial charge in [-0.15, -0.1) is 0 Å². The highest BCUT2D eigenvalue weighted by Gasteiger charge is 2.55. The molecule has 0 aliphatic heterocycles. The number of ether oxygens (including phenoxy) is 1. The number of fused-ring (bicyclic) bond motifs is 2. The van der Waals surface area contributed by atoms with Crippen molar-refractivity contribution in [2.45, 2.75) is 38.4 Å². The van der Waals surface area contributed by atoms with E-state index in [1.165, 1.54) is 6.42 Å². The Morgan fingerprint density at radius 1 is 1.40 bits per heavy atom. The summed E-state index contributed by atoms with van der Waals surface area (Å²) in [6.07, 6.45) is 3.63. The number of nitrogens with zero attached hydrogens (tertiary/aromatic N) is 1. The molecule has 2 aliphatic carbocycles. The molecule has 1 aromatic carbocycles. The van der Waals surface area contributed by atoms with Crippen LogP contribution in [0, 0.1) is 28.6 Å². The van der Waals surface area contributed by atoms with Crippen molar-refractivity contribution in [1.82, 2.24) is 0 Å². The fourth-order valence-corrected chi connectivity index (χ4v) is 4.17. The van der Waals surface area contributed by atoms with Gasteiger partial charge in [-0.25, -0.2) is 0 Å². The minimum absolute atomic E-state index is 0.367. The van der Waals surface area contributed by atoms with Gasteiger partial charge in [-0.1, -0.05) is 30.7 Å². The Morgan fingerprint density at radius 2 is 2.15 bits per heavy atom. The van der Waals surface area contributed by atoms with Crippen LogP contribution in [0.5, 0.6) is 0 Å². The molecular formula is C17H21NO2. The Balaban J connectivity index is 1.84. The zero-order valence-corrected chi connectivity index (χ0v) is 11.9. The maximum atomic E-state index is 10.8. The van der Waals surface area contributed by atoms with Gasteiger partial charge in [0.1, 0.15) is 0 Å². The van der Waals surface area contributed by atoms with E-state index in [4.69, 9.17) is 4.74 Å². The third kappa shape index (κ3) is 2.04. The Bertz CT molecular complexity index is 519. The summed E-state index contributed by atoms with van der Waals surface area (Å²) < 4.78 is 5.09. The molecule has 4 atom stereocenters. The summed E-state index contributed by atoms with van der Waals surface area (Å²) in [5.41, 5.74) is 1.38.